The number of amides is 1. The van der Waals surface area contributed by atoms with Gasteiger partial charge in [0.2, 0.25) is 5.91 Å². The Hall–Kier alpha value is -2.04. The first kappa shape index (κ1) is 13.9. The van der Waals surface area contributed by atoms with Crippen LogP contribution in [0.5, 0.6) is 0 Å². The molecule has 1 N–H and O–H groups in total. The summed E-state index contributed by atoms with van der Waals surface area (Å²) in [5, 5.41) is 2.97. The molecule has 0 aliphatic heterocycles. The van der Waals surface area contributed by atoms with Crippen molar-refractivity contribution >= 4 is 16.9 Å². The maximum absolute atomic E-state index is 12.2. The molecule has 112 valence electrons. The topological polar surface area (TPSA) is 56.0 Å². The number of benzene rings is 1. The van der Waals surface area contributed by atoms with Gasteiger partial charge in [0.05, 0.1) is 11.0 Å². The van der Waals surface area contributed by atoms with E-state index in [2.05, 4.69) is 5.32 Å². The van der Waals surface area contributed by atoms with Crippen LogP contribution in [0, 0.1) is 5.92 Å². The smallest absolute Gasteiger partial charge is 0.328 e. The van der Waals surface area contributed by atoms with Crippen LogP contribution in [0.1, 0.15) is 25.7 Å². The molecule has 0 spiro atoms. The van der Waals surface area contributed by atoms with Gasteiger partial charge in [0.1, 0.15) is 0 Å². The first-order valence-corrected chi connectivity index (χ1v) is 7.58. The summed E-state index contributed by atoms with van der Waals surface area (Å²) >= 11 is 0. The van der Waals surface area contributed by atoms with E-state index >= 15 is 0 Å². The van der Waals surface area contributed by atoms with E-state index in [0.29, 0.717) is 18.9 Å². The van der Waals surface area contributed by atoms with Gasteiger partial charge in [-0.3, -0.25) is 13.9 Å². The summed E-state index contributed by atoms with van der Waals surface area (Å²) in [7, 11) is 1.76. The van der Waals surface area contributed by atoms with Gasteiger partial charge < -0.3 is 5.32 Å². The Morgan fingerprint density at radius 3 is 2.67 bits per heavy atom. The minimum absolute atomic E-state index is 0.0294. The molecule has 5 heteroatoms. The molecule has 0 saturated heterocycles. The number of rotatable bonds is 5. The molecule has 0 atom stereocenters. The molecular formula is C16H21N3O2. The summed E-state index contributed by atoms with van der Waals surface area (Å²) in [5.41, 5.74) is 1.72. The molecule has 21 heavy (non-hydrogen) atoms. The number of hydrogen-bond acceptors (Lipinski definition) is 2. The minimum atomic E-state index is -0.0667. The zero-order valence-electron chi connectivity index (χ0n) is 12.3. The third kappa shape index (κ3) is 2.73. The summed E-state index contributed by atoms with van der Waals surface area (Å²) in [6.45, 7) is 1.21. The molecule has 1 fully saturated rings. The van der Waals surface area contributed by atoms with Crippen molar-refractivity contribution in [2.24, 2.45) is 13.0 Å². The van der Waals surface area contributed by atoms with Gasteiger partial charge in [0, 0.05) is 26.6 Å². The van der Waals surface area contributed by atoms with Crippen molar-refractivity contribution in [2.75, 3.05) is 6.54 Å². The monoisotopic (exact) mass is 287 g/mol. The molecule has 0 radical (unpaired) electrons. The van der Waals surface area contributed by atoms with E-state index < -0.39 is 0 Å². The second kappa shape index (κ2) is 5.76. The zero-order chi connectivity index (χ0) is 14.8. The fraction of sp³-hybridized carbons (Fsp3) is 0.500. The van der Waals surface area contributed by atoms with E-state index in [-0.39, 0.29) is 11.6 Å². The van der Waals surface area contributed by atoms with E-state index in [1.54, 1.807) is 16.2 Å². The minimum Gasteiger partial charge on any atom is -0.356 e. The molecule has 1 aliphatic rings. The molecule has 2 aromatic rings. The fourth-order valence-electron chi connectivity index (χ4n) is 2.84. The van der Waals surface area contributed by atoms with Crippen molar-refractivity contribution < 1.29 is 4.79 Å². The largest absolute Gasteiger partial charge is 0.356 e. The number of aryl methyl sites for hydroxylation is 2. The lowest BCUT2D eigenvalue weighted by Gasteiger charge is -2.25. The van der Waals surface area contributed by atoms with Crippen LogP contribution in [0.25, 0.3) is 11.0 Å². The molecule has 0 unspecified atom stereocenters. The second-order valence-electron chi connectivity index (χ2n) is 5.83. The van der Waals surface area contributed by atoms with Gasteiger partial charge in [0.25, 0.3) is 0 Å². The molecular weight excluding hydrogens is 266 g/mol. The van der Waals surface area contributed by atoms with Crippen LogP contribution in [0.15, 0.2) is 29.1 Å². The highest BCUT2D eigenvalue weighted by atomic mass is 16.2. The summed E-state index contributed by atoms with van der Waals surface area (Å²) in [6.07, 6.45) is 4.08. The lowest BCUT2D eigenvalue weighted by atomic mass is 9.85. The number of para-hydroxylation sites is 2. The van der Waals surface area contributed by atoms with Crippen LogP contribution in [-0.4, -0.2) is 21.6 Å². The van der Waals surface area contributed by atoms with Crippen molar-refractivity contribution in [3.63, 3.8) is 0 Å². The molecule has 1 aliphatic carbocycles. The van der Waals surface area contributed by atoms with Crippen molar-refractivity contribution in [1.29, 1.82) is 0 Å². The van der Waals surface area contributed by atoms with Gasteiger partial charge in [-0.1, -0.05) is 18.6 Å². The van der Waals surface area contributed by atoms with Gasteiger partial charge in [-0.15, -0.1) is 0 Å². The standard InChI is InChI=1S/C16H21N3O2/c1-18-13-7-2-3-8-14(13)19(16(18)21)10-9-15(20)17-11-12-5-4-6-12/h2-3,7-8,12H,4-6,9-11H2,1H3,(H,17,20). The van der Waals surface area contributed by atoms with Gasteiger partial charge in [-0.2, -0.15) is 0 Å². The zero-order valence-corrected chi connectivity index (χ0v) is 12.3. The third-order valence-corrected chi connectivity index (χ3v) is 4.43. The third-order valence-electron chi connectivity index (χ3n) is 4.43. The highest BCUT2D eigenvalue weighted by molar-refractivity contribution is 5.77. The highest BCUT2D eigenvalue weighted by Crippen LogP contribution is 2.25. The molecule has 1 heterocycles. The van der Waals surface area contributed by atoms with Crippen LogP contribution in [0.2, 0.25) is 0 Å². The number of imidazole rings is 1. The Morgan fingerprint density at radius 1 is 1.29 bits per heavy atom. The average Bonchev–Trinajstić information content (AvgIpc) is 2.68. The second-order valence-corrected chi connectivity index (χ2v) is 5.83. The number of aromatic nitrogens is 2. The first-order chi connectivity index (χ1) is 10.2. The summed E-state index contributed by atoms with van der Waals surface area (Å²) in [4.78, 5) is 24.1. The maximum atomic E-state index is 12.2. The summed E-state index contributed by atoms with van der Waals surface area (Å²) in [5.74, 6) is 0.691. The lowest BCUT2D eigenvalue weighted by molar-refractivity contribution is -0.121. The quantitative estimate of drug-likeness (QED) is 0.909. The predicted molar refractivity (Wildman–Crippen MR) is 82.1 cm³/mol. The van der Waals surface area contributed by atoms with Crippen LogP contribution in [-0.2, 0) is 18.4 Å². The molecule has 0 bridgehead atoms. The lowest BCUT2D eigenvalue weighted by Crippen LogP contribution is -2.33. The Kier molecular flexibility index (Phi) is 3.82. The van der Waals surface area contributed by atoms with Crippen LogP contribution >= 0.6 is 0 Å². The summed E-state index contributed by atoms with van der Waals surface area (Å²) in [6, 6.07) is 7.67. The van der Waals surface area contributed by atoms with Gasteiger partial charge in [-0.05, 0) is 30.9 Å². The van der Waals surface area contributed by atoms with Gasteiger partial charge in [0.15, 0.2) is 0 Å². The highest BCUT2D eigenvalue weighted by Gasteiger charge is 2.18. The molecule has 1 saturated carbocycles. The number of carbonyl (C=O) groups excluding carboxylic acids is 1. The summed E-state index contributed by atoms with van der Waals surface area (Å²) < 4.78 is 3.31. The number of nitrogens with zero attached hydrogens (tertiary/aromatic N) is 2. The van der Waals surface area contributed by atoms with Gasteiger partial charge in [-0.25, -0.2) is 4.79 Å². The van der Waals surface area contributed by atoms with Gasteiger partial charge >= 0.3 is 5.69 Å². The molecule has 5 nitrogen and oxygen atoms in total. The number of carbonyl (C=O) groups is 1. The molecule has 1 aromatic heterocycles. The van der Waals surface area contributed by atoms with Crippen molar-refractivity contribution in [3.8, 4) is 0 Å². The normalized spacial score (nSPS) is 15.1. The van der Waals surface area contributed by atoms with E-state index in [1.165, 1.54) is 19.3 Å². The van der Waals surface area contributed by atoms with Crippen LogP contribution < -0.4 is 11.0 Å². The Balaban J connectivity index is 1.66. The number of hydrogen-bond donors (Lipinski definition) is 1. The van der Waals surface area contributed by atoms with Crippen LogP contribution in [0.4, 0.5) is 0 Å². The molecule has 3 rings (SSSR count). The van der Waals surface area contributed by atoms with Crippen molar-refractivity contribution in [2.45, 2.75) is 32.2 Å². The number of nitrogens with one attached hydrogen (secondary N) is 1. The predicted octanol–water partition coefficient (Wildman–Crippen LogP) is 1.65. The van der Waals surface area contributed by atoms with E-state index in [4.69, 9.17) is 0 Å². The van der Waals surface area contributed by atoms with Crippen LogP contribution in [0.3, 0.4) is 0 Å². The Bertz CT molecular complexity index is 710. The molecule has 1 aromatic carbocycles. The SMILES string of the molecule is Cn1c(=O)n(CCC(=O)NCC2CCC2)c2ccccc21. The Labute approximate surface area is 123 Å². The van der Waals surface area contributed by atoms with Crippen molar-refractivity contribution in [1.82, 2.24) is 14.5 Å². The maximum Gasteiger partial charge on any atom is 0.328 e. The Morgan fingerprint density at radius 2 is 2.00 bits per heavy atom. The first-order valence-electron chi connectivity index (χ1n) is 7.58. The fourth-order valence-corrected chi connectivity index (χ4v) is 2.84. The molecule has 1 amide bonds. The van der Waals surface area contributed by atoms with E-state index in [9.17, 15) is 9.59 Å². The van der Waals surface area contributed by atoms with E-state index in [0.717, 1.165) is 17.6 Å². The van der Waals surface area contributed by atoms with Crippen molar-refractivity contribution in [3.05, 3.63) is 34.7 Å². The van der Waals surface area contributed by atoms with E-state index in [1.807, 2.05) is 24.3 Å². The average molecular weight is 287 g/mol. The number of fused-ring (bicyclic) bond motifs is 1.